The summed E-state index contributed by atoms with van der Waals surface area (Å²) in [6.45, 7) is -0.222. The second-order valence-electron chi connectivity index (χ2n) is 5.18. The molecule has 1 N–H and O–H groups in total. The second kappa shape index (κ2) is 6.83. The first-order valence-corrected chi connectivity index (χ1v) is 7.35. The molecular formula is C19H14NO4-. The fourth-order valence-electron chi connectivity index (χ4n) is 2.36. The Morgan fingerprint density at radius 1 is 0.917 bits per heavy atom. The number of para-hydroxylation sites is 1. The zero-order valence-electron chi connectivity index (χ0n) is 12.7. The number of benzene rings is 3. The summed E-state index contributed by atoms with van der Waals surface area (Å²) in [6.07, 6.45) is 0. The Morgan fingerprint density at radius 2 is 1.62 bits per heavy atom. The number of hydrogen-bond donors (Lipinski definition) is 1. The first kappa shape index (κ1) is 15.6. The Hall–Kier alpha value is -3.34. The van der Waals surface area contributed by atoms with Gasteiger partial charge in [-0.2, -0.15) is 0 Å². The summed E-state index contributed by atoms with van der Waals surface area (Å²) in [5.74, 6) is -1.23. The summed E-state index contributed by atoms with van der Waals surface area (Å²) in [4.78, 5) is 23.0. The molecular weight excluding hydrogens is 306 g/mol. The standard InChI is InChI=1S/C19H15NO4/c21-18(20-17-8-4-3-7-16(17)19(22)23)12-24-15-10-9-13-5-1-2-6-14(13)11-15/h1-11H,12H2,(H,20,21)(H,22,23)/p-1. The van der Waals surface area contributed by atoms with Gasteiger partial charge in [0.1, 0.15) is 5.75 Å². The molecule has 5 nitrogen and oxygen atoms in total. The van der Waals surface area contributed by atoms with Crippen molar-refractivity contribution in [2.75, 3.05) is 11.9 Å². The van der Waals surface area contributed by atoms with Gasteiger partial charge >= 0.3 is 0 Å². The van der Waals surface area contributed by atoms with Gasteiger partial charge in [-0.05, 0) is 29.0 Å². The number of nitrogens with one attached hydrogen (secondary N) is 1. The lowest BCUT2D eigenvalue weighted by atomic mass is 10.1. The Labute approximate surface area is 138 Å². The zero-order chi connectivity index (χ0) is 16.9. The fraction of sp³-hybridized carbons (Fsp3) is 0.0526. The maximum absolute atomic E-state index is 12.0. The molecule has 1 amide bonds. The maximum Gasteiger partial charge on any atom is 0.262 e. The molecule has 0 aliphatic carbocycles. The maximum atomic E-state index is 12.0. The average molecular weight is 320 g/mol. The molecule has 0 unspecified atom stereocenters. The highest BCUT2D eigenvalue weighted by Crippen LogP contribution is 2.20. The number of ether oxygens (including phenoxy) is 1. The molecule has 24 heavy (non-hydrogen) atoms. The van der Waals surface area contributed by atoms with Crippen LogP contribution in [0.25, 0.3) is 10.8 Å². The van der Waals surface area contributed by atoms with E-state index in [1.165, 1.54) is 12.1 Å². The number of hydrogen-bond acceptors (Lipinski definition) is 4. The van der Waals surface area contributed by atoms with Crippen molar-refractivity contribution in [3.8, 4) is 5.75 Å². The van der Waals surface area contributed by atoms with Gasteiger partial charge in [-0.25, -0.2) is 0 Å². The van der Waals surface area contributed by atoms with Crippen LogP contribution >= 0.6 is 0 Å². The number of anilines is 1. The highest BCUT2D eigenvalue weighted by molar-refractivity contribution is 6.00. The summed E-state index contributed by atoms with van der Waals surface area (Å²) < 4.78 is 5.47. The lowest BCUT2D eigenvalue weighted by Gasteiger charge is -2.12. The minimum absolute atomic E-state index is 0.0726. The van der Waals surface area contributed by atoms with Crippen molar-refractivity contribution in [1.82, 2.24) is 0 Å². The first-order valence-electron chi connectivity index (χ1n) is 7.35. The van der Waals surface area contributed by atoms with Crippen LogP contribution in [-0.4, -0.2) is 18.5 Å². The van der Waals surface area contributed by atoms with E-state index in [4.69, 9.17) is 4.74 Å². The normalized spacial score (nSPS) is 10.3. The molecule has 120 valence electrons. The minimum atomic E-state index is -1.35. The van der Waals surface area contributed by atoms with Gasteiger partial charge in [0.25, 0.3) is 5.91 Å². The van der Waals surface area contributed by atoms with Crippen molar-refractivity contribution in [2.24, 2.45) is 0 Å². The van der Waals surface area contributed by atoms with Gasteiger partial charge < -0.3 is 20.0 Å². The molecule has 0 aliphatic heterocycles. The summed E-state index contributed by atoms with van der Waals surface area (Å²) >= 11 is 0. The topological polar surface area (TPSA) is 78.5 Å². The molecule has 0 aromatic heterocycles. The van der Waals surface area contributed by atoms with E-state index in [1.54, 1.807) is 18.2 Å². The van der Waals surface area contributed by atoms with Gasteiger partial charge in [0.2, 0.25) is 0 Å². The van der Waals surface area contributed by atoms with Crippen LogP contribution in [0.4, 0.5) is 5.69 Å². The molecule has 0 spiro atoms. The van der Waals surface area contributed by atoms with Gasteiger partial charge in [0.15, 0.2) is 6.61 Å². The molecule has 3 rings (SSSR count). The average Bonchev–Trinajstić information content (AvgIpc) is 2.60. The van der Waals surface area contributed by atoms with E-state index < -0.39 is 11.9 Å². The summed E-state index contributed by atoms with van der Waals surface area (Å²) in [5.41, 5.74) is 0.112. The number of amides is 1. The molecule has 0 radical (unpaired) electrons. The number of carbonyl (C=O) groups excluding carboxylic acids is 2. The van der Waals surface area contributed by atoms with E-state index in [2.05, 4.69) is 5.32 Å². The number of carboxylic acid groups (broad SMARTS) is 1. The van der Waals surface area contributed by atoms with E-state index in [1.807, 2.05) is 36.4 Å². The molecule has 3 aromatic carbocycles. The van der Waals surface area contributed by atoms with Crippen LogP contribution in [0.15, 0.2) is 66.7 Å². The van der Waals surface area contributed by atoms with E-state index in [-0.39, 0.29) is 17.9 Å². The van der Waals surface area contributed by atoms with Crippen molar-refractivity contribution < 1.29 is 19.4 Å². The van der Waals surface area contributed by atoms with Crippen molar-refractivity contribution in [3.63, 3.8) is 0 Å². The highest BCUT2D eigenvalue weighted by Gasteiger charge is 2.08. The monoisotopic (exact) mass is 320 g/mol. The molecule has 0 bridgehead atoms. The van der Waals surface area contributed by atoms with Gasteiger partial charge in [-0.3, -0.25) is 4.79 Å². The van der Waals surface area contributed by atoms with Crippen molar-refractivity contribution >= 4 is 28.3 Å². The highest BCUT2D eigenvalue weighted by atomic mass is 16.5. The number of aromatic carboxylic acids is 1. The van der Waals surface area contributed by atoms with Gasteiger partial charge in [0, 0.05) is 11.3 Å². The molecule has 0 saturated carbocycles. The van der Waals surface area contributed by atoms with Crippen LogP contribution in [0, 0.1) is 0 Å². The van der Waals surface area contributed by atoms with Crippen LogP contribution < -0.4 is 15.2 Å². The SMILES string of the molecule is O=C(COc1ccc2ccccc2c1)Nc1ccccc1C(=O)[O-]. The smallest absolute Gasteiger partial charge is 0.262 e. The predicted octanol–water partition coefficient (Wildman–Crippen LogP) is 2.22. The molecule has 0 heterocycles. The Balaban J connectivity index is 1.66. The molecule has 5 heteroatoms. The predicted molar refractivity (Wildman–Crippen MR) is 88.8 cm³/mol. The molecule has 0 aliphatic rings. The zero-order valence-corrected chi connectivity index (χ0v) is 12.7. The Bertz CT molecular complexity index is 905. The third kappa shape index (κ3) is 3.52. The first-order chi connectivity index (χ1) is 11.6. The van der Waals surface area contributed by atoms with Crippen molar-refractivity contribution in [2.45, 2.75) is 0 Å². The lowest BCUT2D eigenvalue weighted by Crippen LogP contribution is -2.26. The molecule has 0 saturated heterocycles. The van der Waals surface area contributed by atoms with Crippen LogP contribution in [-0.2, 0) is 4.79 Å². The number of carbonyl (C=O) groups is 2. The molecule has 0 fully saturated rings. The number of rotatable bonds is 5. The summed E-state index contributed by atoms with van der Waals surface area (Å²) in [7, 11) is 0. The third-order valence-electron chi connectivity index (χ3n) is 3.51. The van der Waals surface area contributed by atoms with E-state index >= 15 is 0 Å². The van der Waals surface area contributed by atoms with Gasteiger partial charge in [-0.1, -0.05) is 48.5 Å². The molecule has 3 aromatic rings. The summed E-state index contributed by atoms with van der Waals surface area (Å²) in [6, 6.07) is 19.4. The van der Waals surface area contributed by atoms with Crippen LogP contribution in [0.1, 0.15) is 10.4 Å². The Morgan fingerprint density at radius 3 is 2.42 bits per heavy atom. The van der Waals surface area contributed by atoms with Crippen LogP contribution in [0.2, 0.25) is 0 Å². The summed E-state index contributed by atoms with van der Waals surface area (Å²) in [5, 5.41) is 15.6. The third-order valence-corrected chi connectivity index (χ3v) is 3.51. The largest absolute Gasteiger partial charge is 0.545 e. The van der Waals surface area contributed by atoms with Gasteiger partial charge in [-0.15, -0.1) is 0 Å². The van der Waals surface area contributed by atoms with E-state index in [9.17, 15) is 14.7 Å². The minimum Gasteiger partial charge on any atom is -0.545 e. The van der Waals surface area contributed by atoms with Gasteiger partial charge in [0.05, 0.1) is 5.97 Å². The van der Waals surface area contributed by atoms with Crippen LogP contribution in [0.5, 0.6) is 5.75 Å². The lowest BCUT2D eigenvalue weighted by molar-refractivity contribution is -0.254. The van der Waals surface area contributed by atoms with Crippen LogP contribution in [0.3, 0.4) is 0 Å². The number of carboxylic acids is 1. The van der Waals surface area contributed by atoms with E-state index in [0.29, 0.717) is 5.75 Å². The van der Waals surface area contributed by atoms with Crippen molar-refractivity contribution in [3.05, 3.63) is 72.3 Å². The fourth-order valence-corrected chi connectivity index (χ4v) is 2.36. The Kier molecular flexibility index (Phi) is 4.43. The van der Waals surface area contributed by atoms with Crippen molar-refractivity contribution in [1.29, 1.82) is 0 Å². The quantitative estimate of drug-likeness (QED) is 0.782. The molecule has 0 atom stereocenters. The number of fused-ring (bicyclic) bond motifs is 1. The second-order valence-corrected chi connectivity index (χ2v) is 5.18. The van der Waals surface area contributed by atoms with E-state index in [0.717, 1.165) is 10.8 Å².